The van der Waals surface area contributed by atoms with E-state index in [1.807, 2.05) is 19.1 Å². The quantitative estimate of drug-likeness (QED) is 0.188. The maximum atomic E-state index is 13.0. The molecule has 0 fully saturated rings. The van der Waals surface area contributed by atoms with Crippen molar-refractivity contribution in [1.29, 1.82) is 0 Å². The SMILES string of the molecule is Cc1ccccc1NC(=O)c1cc2ccccc2c(/N=N/c2ccc(Cl)cc2[N+](=O)[O-])c1O. The number of halogens is 1. The lowest BCUT2D eigenvalue weighted by atomic mass is 10.0. The number of carbonyl (C=O) groups excluding carboxylic acids is 1. The summed E-state index contributed by atoms with van der Waals surface area (Å²) in [6.45, 7) is 1.86. The van der Waals surface area contributed by atoms with Crippen molar-refractivity contribution in [3.8, 4) is 5.75 Å². The summed E-state index contributed by atoms with van der Waals surface area (Å²) in [6.07, 6.45) is 0. The summed E-state index contributed by atoms with van der Waals surface area (Å²) < 4.78 is 0. The maximum absolute atomic E-state index is 13.0. The van der Waals surface area contributed by atoms with Gasteiger partial charge in [-0.2, -0.15) is 0 Å². The minimum atomic E-state index is -0.621. The normalized spacial score (nSPS) is 11.1. The Morgan fingerprint density at radius 1 is 1.03 bits per heavy atom. The highest BCUT2D eigenvalue weighted by Crippen LogP contribution is 2.40. The number of anilines is 1. The lowest BCUT2D eigenvalue weighted by Crippen LogP contribution is -2.13. The molecule has 2 N–H and O–H groups in total. The molecule has 0 aliphatic rings. The summed E-state index contributed by atoms with van der Waals surface area (Å²) in [5, 5.41) is 34.5. The molecule has 0 saturated carbocycles. The van der Waals surface area contributed by atoms with Gasteiger partial charge in [-0.1, -0.05) is 54.1 Å². The molecule has 0 saturated heterocycles. The number of carbonyl (C=O) groups is 1. The number of rotatable bonds is 5. The van der Waals surface area contributed by atoms with Gasteiger partial charge in [-0.05, 0) is 42.1 Å². The molecule has 4 aromatic carbocycles. The van der Waals surface area contributed by atoms with E-state index >= 15 is 0 Å². The van der Waals surface area contributed by atoms with Gasteiger partial charge in [0, 0.05) is 22.2 Å². The van der Waals surface area contributed by atoms with E-state index < -0.39 is 10.8 Å². The Morgan fingerprint density at radius 2 is 1.76 bits per heavy atom. The van der Waals surface area contributed by atoms with Crippen molar-refractivity contribution in [2.75, 3.05) is 5.32 Å². The Kier molecular flexibility index (Phi) is 6.01. The number of azo groups is 1. The molecule has 9 heteroatoms. The van der Waals surface area contributed by atoms with Crippen LogP contribution in [0.4, 0.5) is 22.7 Å². The second-order valence-corrected chi connectivity index (χ2v) is 7.64. The standard InChI is InChI=1S/C24H17ClN4O4/c1-14-6-2-5-9-19(14)26-24(31)18-12-15-7-3-4-8-17(15)22(23(18)30)28-27-20-11-10-16(25)13-21(20)29(32)33/h2-13,30H,1H3,(H,26,31)/b28-27+. The fourth-order valence-corrected chi connectivity index (χ4v) is 3.49. The topological polar surface area (TPSA) is 117 Å². The number of amides is 1. The maximum Gasteiger partial charge on any atom is 0.298 e. The highest BCUT2D eigenvalue weighted by molar-refractivity contribution is 6.30. The van der Waals surface area contributed by atoms with Gasteiger partial charge in [-0.25, -0.2) is 0 Å². The third-order valence-corrected chi connectivity index (χ3v) is 5.26. The number of nitro benzene ring substituents is 1. The van der Waals surface area contributed by atoms with Gasteiger partial charge in [-0.15, -0.1) is 10.2 Å². The number of hydrogen-bond acceptors (Lipinski definition) is 6. The number of hydrogen-bond donors (Lipinski definition) is 2. The molecule has 0 unspecified atom stereocenters. The zero-order valence-electron chi connectivity index (χ0n) is 17.3. The Hall–Kier alpha value is -4.30. The van der Waals surface area contributed by atoms with Gasteiger partial charge in [0.05, 0.1) is 10.5 Å². The van der Waals surface area contributed by atoms with Crippen LogP contribution in [0, 0.1) is 17.0 Å². The number of aromatic hydroxyl groups is 1. The van der Waals surface area contributed by atoms with Crippen LogP contribution in [0.25, 0.3) is 10.8 Å². The number of nitrogens with one attached hydrogen (secondary N) is 1. The molecule has 0 aliphatic carbocycles. The van der Waals surface area contributed by atoms with Crippen LogP contribution in [-0.2, 0) is 0 Å². The van der Waals surface area contributed by atoms with Crippen LogP contribution in [0.2, 0.25) is 5.02 Å². The largest absolute Gasteiger partial charge is 0.505 e. The average Bonchev–Trinajstić information content (AvgIpc) is 2.80. The monoisotopic (exact) mass is 460 g/mol. The van der Waals surface area contributed by atoms with E-state index in [0.29, 0.717) is 16.5 Å². The summed E-state index contributed by atoms with van der Waals surface area (Å²) in [7, 11) is 0. The molecule has 0 atom stereocenters. The molecule has 0 bridgehead atoms. The number of benzene rings is 4. The van der Waals surface area contributed by atoms with E-state index in [0.717, 1.165) is 5.56 Å². The Bertz CT molecular complexity index is 1440. The fourth-order valence-electron chi connectivity index (χ4n) is 3.33. The second-order valence-electron chi connectivity index (χ2n) is 7.20. The van der Waals surface area contributed by atoms with Gasteiger partial charge >= 0.3 is 0 Å². The molecule has 0 heterocycles. The van der Waals surface area contributed by atoms with Crippen LogP contribution >= 0.6 is 11.6 Å². The van der Waals surface area contributed by atoms with Crippen LogP contribution in [0.5, 0.6) is 5.75 Å². The van der Waals surface area contributed by atoms with Crippen molar-refractivity contribution in [2.45, 2.75) is 6.92 Å². The molecule has 0 radical (unpaired) electrons. The van der Waals surface area contributed by atoms with Gasteiger partial charge in [-0.3, -0.25) is 14.9 Å². The first kappa shape index (κ1) is 21.9. The van der Waals surface area contributed by atoms with Gasteiger partial charge in [0.25, 0.3) is 11.6 Å². The van der Waals surface area contributed by atoms with Crippen LogP contribution in [0.15, 0.2) is 83.0 Å². The first-order chi connectivity index (χ1) is 15.8. The first-order valence-electron chi connectivity index (χ1n) is 9.82. The Balaban J connectivity index is 1.81. The number of phenols is 1. The third-order valence-electron chi connectivity index (χ3n) is 5.02. The van der Waals surface area contributed by atoms with Crippen molar-refractivity contribution >= 4 is 51.0 Å². The highest BCUT2D eigenvalue weighted by atomic mass is 35.5. The summed E-state index contributed by atoms with van der Waals surface area (Å²) in [5.41, 5.74) is 1.12. The van der Waals surface area contributed by atoms with Gasteiger partial charge in [0.15, 0.2) is 11.4 Å². The molecular formula is C24H17ClN4O4. The zero-order valence-corrected chi connectivity index (χ0v) is 18.1. The van der Waals surface area contributed by atoms with E-state index in [4.69, 9.17) is 11.6 Å². The lowest BCUT2D eigenvalue weighted by Gasteiger charge is -2.12. The number of nitrogens with zero attached hydrogens (tertiary/aromatic N) is 3. The molecule has 0 aliphatic heterocycles. The summed E-state index contributed by atoms with van der Waals surface area (Å²) in [6, 6.07) is 19.8. The fraction of sp³-hybridized carbons (Fsp3) is 0.0417. The zero-order chi connectivity index (χ0) is 23.5. The minimum Gasteiger partial charge on any atom is -0.505 e. The predicted octanol–water partition coefficient (Wildman–Crippen LogP) is 7.08. The number of para-hydroxylation sites is 1. The summed E-state index contributed by atoms with van der Waals surface area (Å²) in [4.78, 5) is 23.7. The van der Waals surface area contributed by atoms with Gasteiger partial charge in [0.2, 0.25) is 0 Å². The number of phenolic OH excluding ortho intramolecular Hbond substituents is 1. The molecule has 0 spiro atoms. The lowest BCUT2D eigenvalue weighted by molar-refractivity contribution is -0.384. The van der Waals surface area contributed by atoms with E-state index in [-0.39, 0.29) is 33.4 Å². The Labute approximate surface area is 193 Å². The molecular weight excluding hydrogens is 444 g/mol. The summed E-state index contributed by atoms with van der Waals surface area (Å²) >= 11 is 5.85. The molecule has 4 rings (SSSR count). The number of aryl methyl sites for hydroxylation is 1. The number of fused-ring (bicyclic) bond motifs is 1. The van der Waals surface area contributed by atoms with Crippen LogP contribution in [0.3, 0.4) is 0 Å². The first-order valence-corrected chi connectivity index (χ1v) is 10.2. The smallest absolute Gasteiger partial charge is 0.298 e. The van der Waals surface area contributed by atoms with E-state index in [2.05, 4.69) is 15.5 Å². The number of nitro groups is 1. The van der Waals surface area contributed by atoms with E-state index in [1.165, 1.54) is 18.2 Å². The molecule has 8 nitrogen and oxygen atoms in total. The van der Waals surface area contributed by atoms with Crippen LogP contribution < -0.4 is 5.32 Å². The van der Waals surface area contributed by atoms with Gasteiger partial charge < -0.3 is 10.4 Å². The molecule has 1 amide bonds. The van der Waals surface area contributed by atoms with Crippen molar-refractivity contribution < 1.29 is 14.8 Å². The van der Waals surface area contributed by atoms with Crippen LogP contribution in [0.1, 0.15) is 15.9 Å². The molecule has 4 aromatic rings. The van der Waals surface area contributed by atoms with Crippen molar-refractivity contribution in [2.24, 2.45) is 10.2 Å². The second kappa shape index (κ2) is 9.05. The van der Waals surface area contributed by atoms with Gasteiger partial charge in [0.1, 0.15) is 5.69 Å². The average molecular weight is 461 g/mol. The molecule has 33 heavy (non-hydrogen) atoms. The van der Waals surface area contributed by atoms with Crippen LogP contribution in [-0.4, -0.2) is 15.9 Å². The molecule has 164 valence electrons. The van der Waals surface area contributed by atoms with E-state index in [1.54, 1.807) is 42.5 Å². The van der Waals surface area contributed by atoms with Crippen molar-refractivity contribution in [1.82, 2.24) is 0 Å². The molecule has 0 aromatic heterocycles. The van der Waals surface area contributed by atoms with Crippen molar-refractivity contribution in [3.05, 3.63) is 99.1 Å². The summed E-state index contributed by atoms with van der Waals surface area (Å²) in [5.74, 6) is -0.915. The Morgan fingerprint density at radius 3 is 2.52 bits per heavy atom. The van der Waals surface area contributed by atoms with E-state index in [9.17, 15) is 20.0 Å². The highest BCUT2D eigenvalue weighted by Gasteiger charge is 2.20. The minimum absolute atomic E-state index is 0.00323. The third kappa shape index (κ3) is 4.51. The predicted molar refractivity (Wildman–Crippen MR) is 127 cm³/mol. The van der Waals surface area contributed by atoms with Crippen molar-refractivity contribution in [3.63, 3.8) is 0 Å².